The zero-order valence-electron chi connectivity index (χ0n) is 7.61. The monoisotopic (exact) mass is 203 g/mol. The van der Waals surface area contributed by atoms with Crippen LogP contribution in [0.2, 0.25) is 0 Å². The Hall–Kier alpha value is -0.510. The summed E-state index contributed by atoms with van der Waals surface area (Å²) in [5, 5.41) is 8.53. The zero-order valence-corrected chi connectivity index (χ0v) is 8.37. The average molecular weight is 204 g/mol. The molecule has 1 aromatic rings. The molecule has 0 radical (unpaired) electrons. The van der Waals surface area contributed by atoms with Crippen molar-refractivity contribution in [3.8, 4) is 0 Å². The van der Waals surface area contributed by atoms with Crippen LogP contribution in [0.5, 0.6) is 0 Å². The van der Waals surface area contributed by atoms with E-state index >= 15 is 0 Å². The number of furan rings is 1. The minimum absolute atomic E-state index is 0.147. The van der Waals surface area contributed by atoms with Crippen molar-refractivity contribution in [2.75, 3.05) is 26.7 Å². The van der Waals surface area contributed by atoms with Crippen molar-refractivity contribution in [2.45, 2.75) is 5.38 Å². The highest BCUT2D eigenvalue weighted by Gasteiger charge is 2.12. The molecule has 0 bridgehead atoms. The van der Waals surface area contributed by atoms with E-state index in [-0.39, 0.29) is 12.0 Å². The van der Waals surface area contributed by atoms with E-state index in [9.17, 15) is 0 Å². The molecule has 1 heterocycles. The van der Waals surface area contributed by atoms with Crippen molar-refractivity contribution in [3.63, 3.8) is 0 Å². The predicted molar refractivity (Wildman–Crippen MR) is 51.9 cm³/mol. The van der Waals surface area contributed by atoms with E-state index in [0.29, 0.717) is 13.1 Å². The quantitative estimate of drug-likeness (QED) is 0.737. The van der Waals surface area contributed by atoms with Gasteiger partial charge in [0, 0.05) is 13.1 Å². The van der Waals surface area contributed by atoms with Crippen molar-refractivity contribution in [3.05, 3.63) is 24.2 Å². The van der Waals surface area contributed by atoms with Crippen LogP contribution < -0.4 is 0 Å². The molecular formula is C9H14ClNO2. The van der Waals surface area contributed by atoms with E-state index in [4.69, 9.17) is 21.1 Å². The first-order valence-corrected chi connectivity index (χ1v) is 4.64. The molecule has 0 saturated carbocycles. The lowest BCUT2D eigenvalue weighted by atomic mass is 10.3. The van der Waals surface area contributed by atoms with Crippen LogP contribution in [-0.4, -0.2) is 36.8 Å². The summed E-state index contributed by atoms with van der Waals surface area (Å²) in [6.45, 7) is 1.46. The molecule has 3 nitrogen and oxygen atoms in total. The van der Waals surface area contributed by atoms with E-state index < -0.39 is 0 Å². The number of hydrogen-bond acceptors (Lipinski definition) is 3. The van der Waals surface area contributed by atoms with Gasteiger partial charge in [0.05, 0.1) is 12.9 Å². The summed E-state index contributed by atoms with van der Waals surface area (Å²) in [6, 6.07) is 3.67. The Kier molecular flexibility index (Phi) is 4.28. The topological polar surface area (TPSA) is 36.6 Å². The molecular weight excluding hydrogens is 190 g/mol. The molecule has 0 aromatic carbocycles. The number of aliphatic hydroxyl groups excluding tert-OH is 1. The molecule has 0 saturated heterocycles. The fourth-order valence-corrected chi connectivity index (χ4v) is 1.45. The first-order valence-electron chi connectivity index (χ1n) is 4.21. The van der Waals surface area contributed by atoms with Gasteiger partial charge in [0.1, 0.15) is 11.1 Å². The molecule has 13 heavy (non-hydrogen) atoms. The summed E-state index contributed by atoms with van der Waals surface area (Å²) in [6.07, 6.45) is 1.61. The summed E-state index contributed by atoms with van der Waals surface area (Å²) >= 11 is 6.06. The minimum Gasteiger partial charge on any atom is -0.468 e. The van der Waals surface area contributed by atoms with Gasteiger partial charge in [-0.3, -0.25) is 0 Å². The van der Waals surface area contributed by atoms with Gasteiger partial charge in [-0.1, -0.05) is 0 Å². The third-order valence-electron chi connectivity index (χ3n) is 1.81. The molecule has 4 heteroatoms. The maximum atomic E-state index is 8.67. The Bertz CT molecular complexity index is 226. The van der Waals surface area contributed by atoms with Crippen LogP contribution >= 0.6 is 11.6 Å². The molecule has 1 atom stereocenters. The first-order chi connectivity index (χ1) is 6.24. The second-order valence-electron chi connectivity index (χ2n) is 2.97. The summed E-state index contributed by atoms with van der Waals surface area (Å²) < 4.78 is 5.15. The van der Waals surface area contributed by atoms with Gasteiger partial charge in [0.2, 0.25) is 0 Å². The normalized spacial score (nSPS) is 13.5. The SMILES string of the molecule is CN(CCO)CC(Cl)c1ccco1. The number of halogens is 1. The van der Waals surface area contributed by atoms with Crippen molar-refractivity contribution < 1.29 is 9.52 Å². The second kappa shape index (κ2) is 5.27. The Morgan fingerprint density at radius 3 is 3.00 bits per heavy atom. The van der Waals surface area contributed by atoms with Crippen LogP contribution in [0.15, 0.2) is 22.8 Å². The number of aliphatic hydroxyl groups is 1. The van der Waals surface area contributed by atoms with Crippen LogP contribution in [-0.2, 0) is 0 Å². The summed E-state index contributed by atoms with van der Waals surface area (Å²) in [5.41, 5.74) is 0. The summed E-state index contributed by atoms with van der Waals surface area (Å²) in [5.74, 6) is 0.770. The van der Waals surface area contributed by atoms with Crippen LogP contribution in [0.1, 0.15) is 11.1 Å². The molecule has 0 fully saturated rings. The van der Waals surface area contributed by atoms with Gasteiger partial charge in [-0.05, 0) is 19.2 Å². The van der Waals surface area contributed by atoms with E-state index in [1.54, 1.807) is 6.26 Å². The van der Waals surface area contributed by atoms with Crippen LogP contribution in [0.4, 0.5) is 0 Å². The third-order valence-corrected chi connectivity index (χ3v) is 2.16. The van der Waals surface area contributed by atoms with Gasteiger partial charge < -0.3 is 14.4 Å². The van der Waals surface area contributed by atoms with Gasteiger partial charge >= 0.3 is 0 Å². The molecule has 1 unspecified atom stereocenters. The van der Waals surface area contributed by atoms with E-state index in [0.717, 1.165) is 5.76 Å². The van der Waals surface area contributed by atoms with Gasteiger partial charge in [-0.15, -0.1) is 11.6 Å². The van der Waals surface area contributed by atoms with Crippen molar-refractivity contribution >= 4 is 11.6 Å². The standard InChI is InChI=1S/C9H14ClNO2/c1-11(4-5-12)7-8(10)9-3-2-6-13-9/h2-3,6,8,12H,4-5,7H2,1H3. The van der Waals surface area contributed by atoms with Crippen molar-refractivity contribution in [1.82, 2.24) is 4.90 Å². The minimum atomic E-state index is -0.147. The van der Waals surface area contributed by atoms with E-state index in [2.05, 4.69) is 0 Å². The predicted octanol–water partition coefficient (Wildman–Crippen LogP) is 1.48. The largest absolute Gasteiger partial charge is 0.468 e. The summed E-state index contributed by atoms with van der Waals surface area (Å²) in [7, 11) is 1.91. The number of nitrogens with zero attached hydrogens (tertiary/aromatic N) is 1. The molecule has 74 valence electrons. The fraction of sp³-hybridized carbons (Fsp3) is 0.556. The molecule has 0 aliphatic rings. The molecule has 0 spiro atoms. The maximum Gasteiger partial charge on any atom is 0.122 e. The molecule has 1 aromatic heterocycles. The third kappa shape index (κ3) is 3.38. The molecule has 0 aliphatic carbocycles. The Morgan fingerprint density at radius 1 is 1.69 bits per heavy atom. The Labute approximate surface area is 82.9 Å². The van der Waals surface area contributed by atoms with E-state index in [1.165, 1.54) is 0 Å². The van der Waals surface area contributed by atoms with Crippen LogP contribution in [0, 0.1) is 0 Å². The van der Waals surface area contributed by atoms with Crippen LogP contribution in [0.25, 0.3) is 0 Å². The number of likely N-dealkylation sites (N-methyl/N-ethyl adjacent to an activating group) is 1. The highest BCUT2D eigenvalue weighted by atomic mass is 35.5. The Balaban J connectivity index is 2.37. The van der Waals surface area contributed by atoms with Crippen molar-refractivity contribution in [1.29, 1.82) is 0 Å². The average Bonchev–Trinajstić information content (AvgIpc) is 2.55. The lowest BCUT2D eigenvalue weighted by molar-refractivity contribution is 0.219. The summed E-state index contributed by atoms with van der Waals surface area (Å²) in [4.78, 5) is 1.96. The van der Waals surface area contributed by atoms with Crippen LogP contribution in [0.3, 0.4) is 0 Å². The highest BCUT2D eigenvalue weighted by molar-refractivity contribution is 6.20. The number of alkyl halides is 1. The highest BCUT2D eigenvalue weighted by Crippen LogP contribution is 2.21. The first kappa shape index (κ1) is 10.6. The smallest absolute Gasteiger partial charge is 0.122 e. The Morgan fingerprint density at radius 2 is 2.46 bits per heavy atom. The lowest BCUT2D eigenvalue weighted by Crippen LogP contribution is -2.25. The van der Waals surface area contributed by atoms with Gasteiger partial charge in [-0.2, -0.15) is 0 Å². The van der Waals surface area contributed by atoms with Gasteiger partial charge in [-0.25, -0.2) is 0 Å². The zero-order chi connectivity index (χ0) is 9.68. The molecule has 0 aliphatic heterocycles. The molecule has 1 rings (SSSR count). The second-order valence-corrected chi connectivity index (χ2v) is 3.50. The van der Waals surface area contributed by atoms with Gasteiger partial charge in [0.25, 0.3) is 0 Å². The molecule has 0 amide bonds. The van der Waals surface area contributed by atoms with E-state index in [1.807, 2.05) is 24.1 Å². The molecule has 1 N–H and O–H groups in total. The lowest BCUT2D eigenvalue weighted by Gasteiger charge is -2.17. The van der Waals surface area contributed by atoms with Crippen molar-refractivity contribution in [2.24, 2.45) is 0 Å². The number of rotatable bonds is 5. The maximum absolute atomic E-state index is 8.67. The van der Waals surface area contributed by atoms with Gasteiger partial charge in [0.15, 0.2) is 0 Å². The fourth-order valence-electron chi connectivity index (χ4n) is 1.10. The number of hydrogen-bond donors (Lipinski definition) is 1.